The summed E-state index contributed by atoms with van der Waals surface area (Å²) in [4.78, 5) is 0. The molecule has 3 atom stereocenters. The van der Waals surface area contributed by atoms with Crippen molar-refractivity contribution >= 4 is 10.8 Å². The van der Waals surface area contributed by atoms with Crippen LogP contribution in [0.3, 0.4) is 0 Å². The molecule has 0 radical (unpaired) electrons. The second-order valence-electron chi connectivity index (χ2n) is 3.45. The van der Waals surface area contributed by atoms with E-state index in [4.69, 9.17) is 0 Å². The molecule has 1 aliphatic carbocycles. The summed E-state index contributed by atoms with van der Waals surface area (Å²) in [6.45, 7) is 2.10. The molecule has 2 nitrogen and oxygen atoms in total. The summed E-state index contributed by atoms with van der Waals surface area (Å²) in [6, 6.07) is 0.511. The third-order valence-electron chi connectivity index (χ3n) is 2.57. The zero-order valence-corrected chi connectivity index (χ0v) is 8.82. The van der Waals surface area contributed by atoms with Crippen LogP contribution in [0.4, 0.5) is 0 Å². The Morgan fingerprint density at radius 3 is 2.83 bits per heavy atom. The molecule has 0 amide bonds. The molecule has 0 aliphatic heterocycles. The smallest absolute Gasteiger partial charge is 0.0501 e. The average molecular weight is 189 g/mol. The Labute approximate surface area is 77.6 Å². The predicted octanol–water partition coefficient (Wildman–Crippen LogP) is 1.29. The van der Waals surface area contributed by atoms with E-state index in [1.807, 2.05) is 7.05 Å². The fourth-order valence-corrected chi connectivity index (χ4v) is 3.70. The van der Waals surface area contributed by atoms with Gasteiger partial charge in [-0.15, -0.1) is 0 Å². The molecule has 1 aliphatic rings. The molecule has 0 aromatic carbocycles. The van der Waals surface area contributed by atoms with Crippen LogP contribution in [0.5, 0.6) is 0 Å². The second-order valence-corrected chi connectivity index (χ2v) is 5.22. The van der Waals surface area contributed by atoms with Gasteiger partial charge in [0, 0.05) is 22.6 Å². The molecular weight excluding hydrogens is 170 g/mol. The lowest BCUT2D eigenvalue weighted by molar-refractivity contribution is 0.575. The highest BCUT2D eigenvalue weighted by molar-refractivity contribution is 7.85. The van der Waals surface area contributed by atoms with Crippen LogP contribution in [0.2, 0.25) is 0 Å². The fraction of sp³-hybridized carbons (Fsp3) is 1.00. The van der Waals surface area contributed by atoms with Gasteiger partial charge < -0.3 is 5.32 Å². The molecule has 0 heterocycles. The van der Waals surface area contributed by atoms with Gasteiger partial charge in [0.1, 0.15) is 0 Å². The molecule has 0 bridgehead atoms. The van der Waals surface area contributed by atoms with Crippen LogP contribution in [0.25, 0.3) is 0 Å². The summed E-state index contributed by atoms with van der Waals surface area (Å²) in [6.07, 6.45) is 4.64. The molecular formula is C9H19NOS. The number of hydrogen-bond donors (Lipinski definition) is 1. The summed E-state index contributed by atoms with van der Waals surface area (Å²) in [5.41, 5.74) is 0. The van der Waals surface area contributed by atoms with Crippen LogP contribution < -0.4 is 5.32 Å². The van der Waals surface area contributed by atoms with Crippen molar-refractivity contribution in [1.29, 1.82) is 0 Å². The molecule has 1 fully saturated rings. The standard InChI is InChI=1S/C9H19NOS/c1-3-7-12(11)9-6-4-5-8(9)10-2/h8-10H,3-7H2,1-2H3. The van der Waals surface area contributed by atoms with Crippen molar-refractivity contribution in [3.63, 3.8) is 0 Å². The maximum absolute atomic E-state index is 11.7. The number of nitrogens with one attached hydrogen (secondary N) is 1. The third kappa shape index (κ3) is 2.30. The van der Waals surface area contributed by atoms with E-state index in [2.05, 4.69) is 12.2 Å². The van der Waals surface area contributed by atoms with Gasteiger partial charge in [0.05, 0.1) is 5.25 Å². The molecule has 0 aromatic rings. The van der Waals surface area contributed by atoms with E-state index in [9.17, 15) is 4.21 Å². The van der Waals surface area contributed by atoms with Gasteiger partial charge in [-0.2, -0.15) is 0 Å². The zero-order valence-electron chi connectivity index (χ0n) is 8.01. The van der Waals surface area contributed by atoms with E-state index >= 15 is 0 Å². The van der Waals surface area contributed by atoms with Crippen molar-refractivity contribution in [2.45, 2.75) is 43.9 Å². The minimum absolute atomic E-state index is 0.426. The Kier molecular flexibility index (Phi) is 4.22. The van der Waals surface area contributed by atoms with E-state index in [1.54, 1.807) is 0 Å². The molecule has 12 heavy (non-hydrogen) atoms. The topological polar surface area (TPSA) is 29.1 Å². The highest BCUT2D eigenvalue weighted by Gasteiger charge is 2.29. The Balaban J connectivity index is 2.43. The van der Waals surface area contributed by atoms with Gasteiger partial charge in [-0.3, -0.25) is 4.21 Å². The van der Waals surface area contributed by atoms with Crippen LogP contribution in [-0.4, -0.2) is 28.3 Å². The Hall–Kier alpha value is 0.110. The van der Waals surface area contributed by atoms with E-state index in [0.717, 1.165) is 18.6 Å². The van der Waals surface area contributed by atoms with Gasteiger partial charge in [0.2, 0.25) is 0 Å². The predicted molar refractivity (Wildman–Crippen MR) is 53.8 cm³/mol. The largest absolute Gasteiger partial charge is 0.316 e. The SMILES string of the molecule is CCCS(=O)C1CCCC1NC. The first-order chi connectivity index (χ1) is 5.79. The zero-order chi connectivity index (χ0) is 8.97. The molecule has 1 rings (SSSR count). The lowest BCUT2D eigenvalue weighted by Gasteiger charge is -2.17. The van der Waals surface area contributed by atoms with Crippen molar-refractivity contribution in [1.82, 2.24) is 5.32 Å². The average Bonchev–Trinajstić information content (AvgIpc) is 2.51. The molecule has 0 spiro atoms. The fourth-order valence-electron chi connectivity index (χ4n) is 1.92. The van der Waals surface area contributed by atoms with E-state index in [-0.39, 0.29) is 0 Å². The van der Waals surface area contributed by atoms with Crippen molar-refractivity contribution in [3.05, 3.63) is 0 Å². The normalized spacial score (nSPS) is 32.2. The molecule has 3 heteroatoms. The summed E-state index contributed by atoms with van der Waals surface area (Å²) in [5.74, 6) is 0.878. The summed E-state index contributed by atoms with van der Waals surface area (Å²) >= 11 is 0. The first-order valence-corrected chi connectivity index (χ1v) is 6.22. The van der Waals surface area contributed by atoms with Gasteiger partial charge >= 0.3 is 0 Å². The van der Waals surface area contributed by atoms with Crippen LogP contribution in [0.1, 0.15) is 32.6 Å². The first-order valence-electron chi connectivity index (χ1n) is 4.84. The third-order valence-corrected chi connectivity index (χ3v) is 4.62. The van der Waals surface area contributed by atoms with Gasteiger partial charge in [-0.05, 0) is 26.3 Å². The quantitative estimate of drug-likeness (QED) is 0.722. The van der Waals surface area contributed by atoms with Gasteiger partial charge in [-0.1, -0.05) is 13.3 Å². The summed E-state index contributed by atoms with van der Waals surface area (Å²) < 4.78 is 11.7. The minimum atomic E-state index is -0.588. The molecule has 72 valence electrons. The Bertz CT molecular complexity index is 161. The van der Waals surface area contributed by atoms with E-state index in [0.29, 0.717) is 11.3 Å². The Morgan fingerprint density at radius 2 is 2.25 bits per heavy atom. The van der Waals surface area contributed by atoms with Crippen LogP contribution in [-0.2, 0) is 10.8 Å². The maximum atomic E-state index is 11.7. The number of hydrogen-bond acceptors (Lipinski definition) is 2. The monoisotopic (exact) mass is 189 g/mol. The van der Waals surface area contributed by atoms with Crippen molar-refractivity contribution in [3.8, 4) is 0 Å². The maximum Gasteiger partial charge on any atom is 0.0501 e. The van der Waals surface area contributed by atoms with Gasteiger partial charge in [-0.25, -0.2) is 0 Å². The van der Waals surface area contributed by atoms with E-state index < -0.39 is 10.8 Å². The Morgan fingerprint density at radius 1 is 1.50 bits per heavy atom. The summed E-state index contributed by atoms with van der Waals surface area (Å²) in [5, 5.41) is 3.69. The van der Waals surface area contributed by atoms with Crippen molar-refractivity contribution in [2.75, 3.05) is 12.8 Å². The molecule has 3 unspecified atom stereocenters. The molecule has 0 saturated heterocycles. The van der Waals surface area contributed by atoms with Gasteiger partial charge in [0.25, 0.3) is 0 Å². The van der Waals surface area contributed by atoms with Crippen LogP contribution >= 0.6 is 0 Å². The molecule has 1 saturated carbocycles. The van der Waals surface area contributed by atoms with Crippen LogP contribution in [0.15, 0.2) is 0 Å². The molecule has 0 aromatic heterocycles. The lowest BCUT2D eigenvalue weighted by atomic mass is 10.2. The van der Waals surface area contributed by atoms with Crippen LogP contribution in [0, 0.1) is 0 Å². The van der Waals surface area contributed by atoms with Crippen molar-refractivity contribution < 1.29 is 4.21 Å². The molecule has 1 N–H and O–H groups in total. The highest BCUT2D eigenvalue weighted by Crippen LogP contribution is 2.23. The number of rotatable bonds is 4. The van der Waals surface area contributed by atoms with Gasteiger partial charge in [0.15, 0.2) is 0 Å². The van der Waals surface area contributed by atoms with E-state index in [1.165, 1.54) is 12.8 Å². The highest BCUT2D eigenvalue weighted by atomic mass is 32.2. The first kappa shape index (κ1) is 10.2. The minimum Gasteiger partial charge on any atom is -0.316 e. The van der Waals surface area contributed by atoms with Crippen molar-refractivity contribution in [2.24, 2.45) is 0 Å². The summed E-state index contributed by atoms with van der Waals surface area (Å²) in [7, 11) is 1.39. The second kappa shape index (κ2) is 4.97. The lowest BCUT2D eigenvalue weighted by Crippen LogP contribution is -2.36.